The van der Waals surface area contributed by atoms with E-state index in [1.165, 1.54) is 16.7 Å². The maximum atomic E-state index is 13.5. The second kappa shape index (κ2) is 10.2. The van der Waals surface area contributed by atoms with E-state index >= 15 is 0 Å². The van der Waals surface area contributed by atoms with Gasteiger partial charge >= 0.3 is 0 Å². The van der Waals surface area contributed by atoms with Gasteiger partial charge in [0, 0.05) is 6.42 Å². The summed E-state index contributed by atoms with van der Waals surface area (Å²) in [7, 11) is 1.63. The maximum Gasteiger partial charge on any atom is 0.172 e. The average molecular weight is 449 g/mol. The predicted octanol–water partition coefficient (Wildman–Crippen LogP) is 5.69. The molecular formula is C29H36O4. The van der Waals surface area contributed by atoms with Crippen LogP contribution in [-0.2, 0) is 20.9 Å². The quantitative estimate of drug-likeness (QED) is 0.591. The number of aliphatic hydroxyl groups is 1. The van der Waals surface area contributed by atoms with Crippen molar-refractivity contribution in [3.8, 4) is 0 Å². The molecule has 1 N–H and O–H groups in total. The Bertz CT molecular complexity index is 1020. The van der Waals surface area contributed by atoms with Gasteiger partial charge in [-0.2, -0.15) is 0 Å². The molecule has 0 aromatic heterocycles. The molecule has 4 heteroatoms. The lowest BCUT2D eigenvalue weighted by atomic mass is 9.77. The number of carbonyl (C=O) groups excluding carboxylic acids is 1. The molecule has 0 spiro atoms. The third kappa shape index (κ3) is 4.92. The Kier molecular flexibility index (Phi) is 7.35. The fourth-order valence-electron chi connectivity index (χ4n) is 5.40. The summed E-state index contributed by atoms with van der Waals surface area (Å²) in [6.07, 6.45) is 3.64. The molecule has 0 saturated heterocycles. The number of aliphatic hydroxyl groups excluding tert-OH is 1. The van der Waals surface area contributed by atoms with Crippen molar-refractivity contribution in [3.05, 3.63) is 76.0 Å². The zero-order valence-electron chi connectivity index (χ0n) is 20.3. The van der Waals surface area contributed by atoms with Crippen LogP contribution in [0, 0.1) is 32.6 Å². The third-order valence-electron chi connectivity index (χ3n) is 7.78. The Morgan fingerprint density at radius 2 is 1.67 bits per heavy atom. The molecule has 33 heavy (non-hydrogen) atoms. The second-order valence-electron chi connectivity index (χ2n) is 9.68. The summed E-state index contributed by atoms with van der Waals surface area (Å²) in [6, 6.07) is 14.3. The molecule has 176 valence electrons. The van der Waals surface area contributed by atoms with Crippen molar-refractivity contribution >= 4 is 11.4 Å². The van der Waals surface area contributed by atoms with Gasteiger partial charge in [0.05, 0.1) is 37.4 Å². The van der Waals surface area contributed by atoms with E-state index in [-0.39, 0.29) is 17.8 Å². The number of Topliss-reactive ketones (excluding diaryl/α,β-unsaturated/α-hetero) is 1. The van der Waals surface area contributed by atoms with E-state index in [0.717, 1.165) is 36.8 Å². The number of hydrogen-bond donors (Lipinski definition) is 1. The SMILES string of the molecule is COC1=C(c2ccc(C)c(C)c2C)C(=O)C(C(O)C2CCC(OCc3ccccc3)CC2)C1. The fraction of sp³-hybridized carbons (Fsp3) is 0.483. The Hall–Kier alpha value is -2.43. The number of methoxy groups -OCH3 is 1. The van der Waals surface area contributed by atoms with Crippen LogP contribution >= 0.6 is 0 Å². The number of hydrogen-bond acceptors (Lipinski definition) is 4. The van der Waals surface area contributed by atoms with Crippen molar-refractivity contribution in [2.45, 2.75) is 71.7 Å². The maximum absolute atomic E-state index is 13.5. The molecule has 0 amide bonds. The van der Waals surface area contributed by atoms with Crippen LogP contribution in [0.25, 0.3) is 5.57 Å². The summed E-state index contributed by atoms with van der Waals surface area (Å²) < 4.78 is 11.8. The molecule has 2 atom stereocenters. The summed E-state index contributed by atoms with van der Waals surface area (Å²) >= 11 is 0. The zero-order chi connectivity index (χ0) is 23.5. The van der Waals surface area contributed by atoms with Crippen LogP contribution in [0.3, 0.4) is 0 Å². The highest BCUT2D eigenvalue weighted by atomic mass is 16.5. The monoisotopic (exact) mass is 448 g/mol. The summed E-state index contributed by atoms with van der Waals surface area (Å²) in [4.78, 5) is 13.5. The minimum absolute atomic E-state index is 0.0214. The number of aryl methyl sites for hydroxylation is 1. The second-order valence-corrected chi connectivity index (χ2v) is 9.68. The van der Waals surface area contributed by atoms with Crippen LogP contribution in [0.2, 0.25) is 0 Å². The smallest absolute Gasteiger partial charge is 0.172 e. The number of benzene rings is 2. The van der Waals surface area contributed by atoms with Crippen molar-refractivity contribution in [2.24, 2.45) is 11.8 Å². The summed E-state index contributed by atoms with van der Waals surface area (Å²) in [5.41, 5.74) is 6.29. The van der Waals surface area contributed by atoms with E-state index in [2.05, 4.69) is 39.0 Å². The topological polar surface area (TPSA) is 55.8 Å². The lowest BCUT2D eigenvalue weighted by molar-refractivity contribution is -0.122. The Morgan fingerprint density at radius 3 is 2.33 bits per heavy atom. The molecule has 2 aliphatic carbocycles. The Balaban J connectivity index is 1.39. The molecule has 0 heterocycles. The van der Waals surface area contributed by atoms with Crippen LogP contribution < -0.4 is 0 Å². The molecule has 0 radical (unpaired) electrons. The minimum Gasteiger partial charge on any atom is -0.500 e. The van der Waals surface area contributed by atoms with Gasteiger partial charge in [-0.3, -0.25) is 4.79 Å². The highest BCUT2D eigenvalue weighted by Crippen LogP contribution is 2.42. The van der Waals surface area contributed by atoms with Crippen molar-refractivity contribution in [1.82, 2.24) is 0 Å². The third-order valence-corrected chi connectivity index (χ3v) is 7.78. The van der Waals surface area contributed by atoms with Crippen molar-refractivity contribution < 1.29 is 19.4 Å². The summed E-state index contributed by atoms with van der Waals surface area (Å²) in [5.74, 6) is 0.417. The summed E-state index contributed by atoms with van der Waals surface area (Å²) in [5, 5.41) is 11.2. The first-order valence-corrected chi connectivity index (χ1v) is 12.1. The van der Waals surface area contributed by atoms with E-state index in [4.69, 9.17) is 9.47 Å². The van der Waals surface area contributed by atoms with Crippen LogP contribution in [0.1, 0.15) is 59.9 Å². The van der Waals surface area contributed by atoms with Gasteiger partial charge in [-0.25, -0.2) is 0 Å². The Labute approximate surface area is 197 Å². The number of carbonyl (C=O) groups is 1. The Morgan fingerprint density at radius 1 is 0.970 bits per heavy atom. The number of allylic oxidation sites excluding steroid dienone is 2. The lowest BCUT2D eigenvalue weighted by Crippen LogP contribution is -2.36. The fourth-order valence-corrected chi connectivity index (χ4v) is 5.40. The molecule has 2 unspecified atom stereocenters. The van der Waals surface area contributed by atoms with Gasteiger partial charge in [0.2, 0.25) is 0 Å². The molecule has 0 bridgehead atoms. The standard InChI is InChI=1S/C29H36O4/c1-18-10-15-24(20(3)19(18)2)27-26(32-4)16-25(29(27)31)28(30)22-11-13-23(14-12-22)33-17-21-8-6-5-7-9-21/h5-10,15,22-23,25,28,30H,11-14,16-17H2,1-4H3. The van der Waals surface area contributed by atoms with Crippen molar-refractivity contribution in [2.75, 3.05) is 7.11 Å². The van der Waals surface area contributed by atoms with E-state index in [9.17, 15) is 9.90 Å². The first-order chi connectivity index (χ1) is 15.9. The first kappa shape index (κ1) is 23.7. The molecule has 2 aromatic carbocycles. The molecule has 1 saturated carbocycles. The normalized spacial score (nSPS) is 24.3. The molecule has 4 nitrogen and oxygen atoms in total. The van der Waals surface area contributed by atoms with Gasteiger partial charge in [0.25, 0.3) is 0 Å². The molecule has 2 aromatic rings. The van der Waals surface area contributed by atoms with Crippen LogP contribution in [0.4, 0.5) is 0 Å². The van der Waals surface area contributed by atoms with E-state index < -0.39 is 12.0 Å². The highest BCUT2D eigenvalue weighted by molar-refractivity contribution is 6.25. The molecular weight excluding hydrogens is 412 g/mol. The van der Waals surface area contributed by atoms with Crippen LogP contribution in [0.15, 0.2) is 48.2 Å². The van der Waals surface area contributed by atoms with Gasteiger partial charge in [0.15, 0.2) is 5.78 Å². The molecule has 2 aliphatic rings. The minimum atomic E-state index is -0.651. The van der Waals surface area contributed by atoms with E-state index in [0.29, 0.717) is 24.4 Å². The zero-order valence-corrected chi connectivity index (χ0v) is 20.3. The van der Waals surface area contributed by atoms with Gasteiger partial charge in [-0.1, -0.05) is 42.5 Å². The molecule has 0 aliphatic heterocycles. The predicted molar refractivity (Wildman–Crippen MR) is 131 cm³/mol. The van der Waals surface area contributed by atoms with Crippen molar-refractivity contribution in [1.29, 1.82) is 0 Å². The molecule has 1 fully saturated rings. The average Bonchev–Trinajstić information content (AvgIpc) is 3.18. The van der Waals surface area contributed by atoms with E-state index in [1.54, 1.807) is 7.11 Å². The van der Waals surface area contributed by atoms with Gasteiger partial charge < -0.3 is 14.6 Å². The van der Waals surface area contributed by atoms with Gasteiger partial charge in [0.1, 0.15) is 5.76 Å². The van der Waals surface area contributed by atoms with Gasteiger partial charge in [-0.05, 0) is 80.2 Å². The largest absolute Gasteiger partial charge is 0.500 e. The van der Waals surface area contributed by atoms with Gasteiger partial charge in [-0.15, -0.1) is 0 Å². The molecule has 4 rings (SSSR count). The lowest BCUT2D eigenvalue weighted by Gasteiger charge is -2.33. The number of rotatable bonds is 7. The number of ketones is 1. The van der Waals surface area contributed by atoms with Crippen LogP contribution in [0.5, 0.6) is 0 Å². The number of ether oxygens (including phenoxy) is 2. The van der Waals surface area contributed by atoms with Crippen molar-refractivity contribution in [3.63, 3.8) is 0 Å². The first-order valence-electron chi connectivity index (χ1n) is 12.1. The summed E-state index contributed by atoms with van der Waals surface area (Å²) in [6.45, 7) is 6.86. The van der Waals surface area contributed by atoms with Crippen LogP contribution in [-0.4, -0.2) is 30.2 Å². The van der Waals surface area contributed by atoms with E-state index in [1.807, 2.05) is 24.3 Å². The highest BCUT2D eigenvalue weighted by Gasteiger charge is 2.43.